The van der Waals surface area contributed by atoms with E-state index < -0.39 is 0 Å². The third-order valence-electron chi connectivity index (χ3n) is 2.44. The Labute approximate surface area is 102 Å². The number of thioether (sulfide) groups is 1. The first-order valence-corrected chi connectivity index (χ1v) is 6.91. The number of hydrogen-bond donors (Lipinski definition) is 1. The molecule has 0 aliphatic heterocycles. The zero-order valence-corrected chi connectivity index (χ0v) is 11.1. The number of aliphatic hydroxyl groups excluding tert-OH is 1. The lowest BCUT2D eigenvalue weighted by molar-refractivity contribution is 0.280. The van der Waals surface area contributed by atoms with E-state index in [9.17, 15) is 0 Å². The number of aliphatic hydroxyl groups is 1. The zero-order valence-electron chi connectivity index (χ0n) is 10.2. The van der Waals surface area contributed by atoms with Crippen molar-refractivity contribution in [1.29, 1.82) is 0 Å². The van der Waals surface area contributed by atoms with Gasteiger partial charge in [0.15, 0.2) is 0 Å². The van der Waals surface area contributed by atoms with Gasteiger partial charge in [0.25, 0.3) is 0 Å². The molecule has 0 saturated heterocycles. The van der Waals surface area contributed by atoms with Crippen LogP contribution in [0, 0.1) is 13.8 Å². The zero-order chi connectivity index (χ0) is 12.0. The highest BCUT2D eigenvalue weighted by Crippen LogP contribution is 2.25. The summed E-state index contributed by atoms with van der Waals surface area (Å²) >= 11 is 1.84. The first-order chi connectivity index (χ1) is 7.69. The molecule has 0 fully saturated rings. The summed E-state index contributed by atoms with van der Waals surface area (Å²) in [6, 6.07) is 3.97. The second kappa shape index (κ2) is 6.81. The maximum absolute atomic E-state index is 9.08. The Balaban J connectivity index is 2.65. The lowest BCUT2D eigenvalue weighted by Gasteiger charge is -2.13. The van der Waals surface area contributed by atoms with Crippen molar-refractivity contribution < 1.29 is 9.84 Å². The number of rotatable bonds is 6. The molecule has 0 aromatic heterocycles. The molecule has 0 radical (unpaired) electrons. The van der Waals surface area contributed by atoms with E-state index in [4.69, 9.17) is 9.84 Å². The van der Waals surface area contributed by atoms with Crippen molar-refractivity contribution >= 4 is 11.8 Å². The van der Waals surface area contributed by atoms with Crippen LogP contribution in [0.3, 0.4) is 0 Å². The molecular formula is C13H20O2S. The molecule has 1 aromatic carbocycles. The van der Waals surface area contributed by atoms with Gasteiger partial charge in [0.2, 0.25) is 0 Å². The van der Waals surface area contributed by atoms with Crippen molar-refractivity contribution in [2.24, 2.45) is 0 Å². The first kappa shape index (κ1) is 13.4. The van der Waals surface area contributed by atoms with Crippen LogP contribution in [-0.4, -0.2) is 23.7 Å². The lowest BCUT2D eigenvalue weighted by atomic mass is 10.1. The van der Waals surface area contributed by atoms with Crippen LogP contribution in [0.4, 0.5) is 0 Å². The second-order valence-electron chi connectivity index (χ2n) is 3.91. The summed E-state index contributed by atoms with van der Waals surface area (Å²) in [5, 5.41) is 9.08. The quantitative estimate of drug-likeness (QED) is 0.775. The van der Waals surface area contributed by atoms with Crippen LogP contribution < -0.4 is 4.74 Å². The molecule has 0 bridgehead atoms. The van der Waals surface area contributed by atoms with Crippen LogP contribution in [0.1, 0.15) is 23.1 Å². The molecule has 2 nitrogen and oxygen atoms in total. The fourth-order valence-corrected chi connectivity index (χ4v) is 2.14. The minimum Gasteiger partial charge on any atom is -0.493 e. The molecular weight excluding hydrogens is 220 g/mol. The van der Waals surface area contributed by atoms with Crippen molar-refractivity contribution in [3.63, 3.8) is 0 Å². The Morgan fingerprint density at radius 2 is 1.88 bits per heavy atom. The lowest BCUT2D eigenvalue weighted by Crippen LogP contribution is -2.02. The highest BCUT2D eigenvalue weighted by atomic mass is 32.2. The maximum Gasteiger partial charge on any atom is 0.125 e. The smallest absolute Gasteiger partial charge is 0.125 e. The summed E-state index contributed by atoms with van der Waals surface area (Å²) in [4.78, 5) is 0. The van der Waals surface area contributed by atoms with Gasteiger partial charge in [-0.25, -0.2) is 0 Å². The molecule has 0 aliphatic rings. The van der Waals surface area contributed by atoms with Crippen LogP contribution in [0.5, 0.6) is 5.75 Å². The molecule has 0 unspecified atom stereocenters. The highest BCUT2D eigenvalue weighted by Gasteiger charge is 2.05. The minimum atomic E-state index is 0.0917. The maximum atomic E-state index is 9.08. The highest BCUT2D eigenvalue weighted by molar-refractivity contribution is 7.98. The molecule has 0 spiro atoms. The van der Waals surface area contributed by atoms with Crippen molar-refractivity contribution in [3.8, 4) is 5.75 Å². The van der Waals surface area contributed by atoms with Gasteiger partial charge in [-0.1, -0.05) is 12.1 Å². The third kappa shape index (κ3) is 3.72. The Morgan fingerprint density at radius 3 is 2.38 bits per heavy atom. The van der Waals surface area contributed by atoms with Crippen molar-refractivity contribution in [2.75, 3.05) is 18.6 Å². The van der Waals surface area contributed by atoms with Gasteiger partial charge in [-0.2, -0.15) is 11.8 Å². The van der Waals surface area contributed by atoms with E-state index in [0.29, 0.717) is 0 Å². The van der Waals surface area contributed by atoms with Gasteiger partial charge in [0, 0.05) is 0 Å². The summed E-state index contributed by atoms with van der Waals surface area (Å²) in [6.45, 7) is 4.90. The van der Waals surface area contributed by atoms with Gasteiger partial charge in [-0.05, 0) is 49.0 Å². The minimum absolute atomic E-state index is 0.0917. The van der Waals surface area contributed by atoms with Crippen molar-refractivity contribution in [1.82, 2.24) is 0 Å². The average molecular weight is 240 g/mol. The van der Waals surface area contributed by atoms with Gasteiger partial charge < -0.3 is 9.84 Å². The van der Waals surface area contributed by atoms with Crippen LogP contribution >= 0.6 is 11.8 Å². The van der Waals surface area contributed by atoms with Gasteiger partial charge >= 0.3 is 0 Å². The predicted molar refractivity (Wildman–Crippen MR) is 70.3 cm³/mol. The summed E-state index contributed by atoms with van der Waals surface area (Å²) in [7, 11) is 0. The van der Waals surface area contributed by atoms with Crippen molar-refractivity contribution in [2.45, 2.75) is 26.9 Å². The molecule has 1 N–H and O–H groups in total. The third-order valence-corrected chi connectivity index (χ3v) is 3.14. The van der Waals surface area contributed by atoms with Gasteiger partial charge in [-0.15, -0.1) is 0 Å². The molecule has 3 heteroatoms. The molecule has 0 heterocycles. The summed E-state index contributed by atoms with van der Waals surface area (Å²) in [5.41, 5.74) is 3.16. The molecule has 0 amide bonds. The standard InChI is InChI=1S/C13H20O2S/c1-10-7-12(9-14)8-11(2)13(10)15-5-4-6-16-3/h7-8,14H,4-6,9H2,1-3H3. The van der Waals surface area contributed by atoms with Gasteiger partial charge in [0.05, 0.1) is 13.2 Å². The van der Waals surface area contributed by atoms with Crippen LogP contribution in [0.2, 0.25) is 0 Å². The fourth-order valence-electron chi connectivity index (χ4n) is 1.74. The summed E-state index contributed by atoms with van der Waals surface area (Å²) in [6.07, 6.45) is 3.17. The number of aryl methyl sites for hydroxylation is 2. The molecule has 0 saturated carbocycles. The largest absolute Gasteiger partial charge is 0.493 e. The SMILES string of the molecule is CSCCCOc1c(C)cc(CO)cc1C. The van der Waals surface area contributed by atoms with E-state index in [1.165, 1.54) is 0 Å². The molecule has 0 atom stereocenters. The van der Waals surface area contributed by atoms with E-state index in [1.54, 1.807) is 0 Å². The van der Waals surface area contributed by atoms with E-state index in [1.807, 2.05) is 37.7 Å². The Hall–Kier alpha value is -0.670. The van der Waals surface area contributed by atoms with E-state index in [-0.39, 0.29) is 6.61 Å². The Kier molecular flexibility index (Phi) is 5.71. The topological polar surface area (TPSA) is 29.5 Å². The molecule has 0 aliphatic carbocycles. The van der Waals surface area contributed by atoms with E-state index in [0.717, 1.165) is 41.2 Å². The Bertz CT molecular complexity index is 314. The molecule has 16 heavy (non-hydrogen) atoms. The molecule has 90 valence electrons. The monoisotopic (exact) mass is 240 g/mol. The Morgan fingerprint density at radius 1 is 1.25 bits per heavy atom. The predicted octanol–water partition coefficient (Wildman–Crippen LogP) is 2.93. The van der Waals surface area contributed by atoms with Crippen LogP contribution in [0.15, 0.2) is 12.1 Å². The van der Waals surface area contributed by atoms with E-state index >= 15 is 0 Å². The van der Waals surface area contributed by atoms with Gasteiger partial charge in [0.1, 0.15) is 5.75 Å². The van der Waals surface area contributed by atoms with Crippen LogP contribution in [-0.2, 0) is 6.61 Å². The molecule has 1 rings (SSSR count). The number of benzene rings is 1. The normalized spacial score (nSPS) is 10.5. The second-order valence-corrected chi connectivity index (χ2v) is 4.90. The molecule has 1 aromatic rings. The van der Waals surface area contributed by atoms with Crippen molar-refractivity contribution in [3.05, 3.63) is 28.8 Å². The van der Waals surface area contributed by atoms with Gasteiger partial charge in [-0.3, -0.25) is 0 Å². The summed E-state index contributed by atoms with van der Waals surface area (Å²) < 4.78 is 5.77. The fraction of sp³-hybridized carbons (Fsp3) is 0.538. The van der Waals surface area contributed by atoms with E-state index in [2.05, 4.69) is 6.26 Å². The first-order valence-electron chi connectivity index (χ1n) is 5.51. The summed E-state index contributed by atoms with van der Waals surface area (Å²) in [5.74, 6) is 2.10. The number of ether oxygens (including phenoxy) is 1. The average Bonchev–Trinajstić information content (AvgIpc) is 2.26. The number of hydrogen-bond acceptors (Lipinski definition) is 3. The van der Waals surface area contributed by atoms with Crippen LogP contribution in [0.25, 0.3) is 0 Å².